The van der Waals surface area contributed by atoms with Gasteiger partial charge >= 0.3 is 6.61 Å². The van der Waals surface area contributed by atoms with Crippen molar-refractivity contribution >= 4 is 0 Å². The summed E-state index contributed by atoms with van der Waals surface area (Å²) in [6.07, 6.45) is 4.24. The highest BCUT2D eigenvalue weighted by Gasteiger charge is 2.23. The van der Waals surface area contributed by atoms with Crippen molar-refractivity contribution in [1.29, 1.82) is 0 Å². The molecule has 2 N–H and O–H groups in total. The number of aliphatic hydroxyl groups excluding tert-OH is 1. The Bertz CT molecular complexity index is 436. The zero-order valence-electron chi connectivity index (χ0n) is 12.3. The molecule has 0 spiro atoms. The summed E-state index contributed by atoms with van der Waals surface area (Å²) in [6, 6.07) is 6.64. The highest BCUT2D eigenvalue weighted by Crippen LogP contribution is 2.28. The fourth-order valence-corrected chi connectivity index (χ4v) is 2.88. The second-order valence-electron chi connectivity index (χ2n) is 5.69. The molecule has 21 heavy (non-hydrogen) atoms. The molecule has 2 rings (SSSR count). The van der Waals surface area contributed by atoms with Crippen LogP contribution in [0.4, 0.5) is 8.78 Å². The SMILES string of the molecule is CC(NCC(O)C1CCCC1)c1cccc(OC(F)F)c1. The summed E-state index contributed by atoms with van der Waals surface area (Å²) >= 11 is 0. The molecule has 0 heterocycles. The summed E-state index contributed by atoms with van der Waals surface area (Å²) in [7, 11) is 0. The molecule has 3 nitrogen and oxygen atoms in total. The molecule has 0 aromatic heterocycles. The Morgan fingerprint density at radius 1 is 1.33 bits per heavy atom. The van der Waals surface area contributed by atoms with E-state index < -0.39 is 6.61 Å². The van der Waals surface area contributed by atoms with Gasteiger partial charge in [-0.05, 0) is 43.4 Å². The van der Waals surface area contributed by atoms with Crippen molar-refractivity contribution in [2.45, 2.75) is 51.4 Å². The molecule has 0 aliphatic heterocycles. The normalized spacial score (nSPS) is 18.9. The van der Waals surface area contributed by atoms with Gasteiger partial charge in [0.25, 0.3) is 0 Å². The average Bonchev–Trinajstić information content (AvgIpc) is 2.98. The Balaban J connectivity index is 1.85. The maximum atomic E-state index is 12.2. The van der Waals surface area contributed by atoms with Gasteiger partial charge in [-0.3, -0.25) is 0 Å². The van der Waals surface area contributed by atoms with Crippen LogP contribution in [0.3, 0.4) is 0 Å². The molecule has 2 atom stereocenters. The number of alkyl halides is 2. The second-order valence-corrected chi connectivity index (χ2v) is 5.69. The number of nitrogens with one attached hydrogen (secondary N) is 1. The zero-order chi connectivity index (χ0) is 15.2. The standard InChI is InChI=1S/C16H23F2NO2/c1-11(19-10-15(20)12-5-2-3-6-12)13-7-4-8-14(9-13)21-16(17)18/h4,7-9,11-12,15-16,19-20H,2-3,5-6,10H2,1H3. The molecule has 1 aromatic carbocycles. The summed E-state index contributed by atoms with van der Waals surface area (Å²) in [5.41, 5.74) is 0.867. The van der Waals surface area contributed by atoms with E-state index in [4.69, 9.17) is 0 Å². The van der Waals surface area contributed by atoms with Crippen LogP contribution in [0.25, 0.3) is 0 Å². The summed E-state index contributed by atoms with van der Waals surface area (Å²) in [5.74, 6) is 0.547. The zero-order valence-corrected chi connectivity index (χ0v) is 12.3. The lowest BCUT2D eigenvalue weighted by atomic mass is 10.0. The Morgan fingerprint density at radius 2 is 2.05 bits per heavy atom. The number of ether oxygens (including phenoxy) is 1. The minimum absolute atomic E-state index is 0.0257. The van der Waals surface area contributed by atoms with Gasteiger partial charge in [0.1, 0.15) is 5.75 Å². The lowest BCUT2D eigenvalue weighted by molar-refractivity contribution is -0.0499. The third-order valence-electron chi connectivity index (χ3n) is 4.16. The quantitative estimate of drug-likeness (QED) is 0.810. The summed E-state index contributed by atoms with van der Waals surface area (Å²) in [6.45, 7) is -0.345. The van der Waals surface area contributed by atoms with Crippen molar-refractivity contribution in [1.82, 2.24) is 5.32 Å². The van der Waals surface area contributed by atoms with Crippen LogP contribution >= 0.6 is 0 Å². The van der Waals surface area contributed by atoms with Crippen molar-refractivity contribution < 1.29 is 18.6 Å². The highest BCUT2D eigenvalue weighted by molar-refractivity contribution is 5.30. The fraction of sp³-hybridized carbons (Fsp3) is 0.625. The van der Waals surface area contributed by atoms with E-state index in [1.54, 1.807) is 12.1 Å². The second kappa shape index (κ2) is 7.71. The van der Waals surface area contributed by atoms with Crippen LogP contribution in [0.5, 0.6) is 5.75 Å². The van der Waals surface area contributed by atoms with Gasteiger partial charge in [0.15, 0.2) is 0 Å². The Kier molecular flexibility index (Phi) is 5.94. The molecular weight excluding hydrogens is 276 g/mol. The number of rotatable bonds is 7. The molecule has 2 unspecified atom stereocenters. The largest absolute Gasteiger partial charge is 0.435 e. The van der Waals surface area contributed by atoms with Crippen LogP contribution in [0.1, 0.15) is 44.2 Å². The average molecular weight is 299 g/mol. The molecule has 1 aliphatic rings. The van der Waals surface area contributed by atoms with Crippen molar-refractivity contribution in [3.8, 4) is 5.75 Å². The minimum Gasteiger partial charge on any atom is -0.435 e. The molecule has 118 valence electrons. The van der Waals surface area contributed by atoms with E-state index in [9.17, 15) is 13.9 Å². The number of aliphatic hydroxyl groups is 1. The Hall–Kier alpha value is -1.20. The van der Waals surface area contributed by atoms with Gasteiger partial charge in [-0.15, -0.1) is 0 Å². The van der Waals surface area contributed by atoms with Gasteiger partial charge in [-0.2, -0.15) is 8.78 Å². The Labute approximate surface area is 124 Å². The predicted molar refractivity (Wildman–Crippen MR) is 77.5 cm³/mol. The summed E-state index contributed by atoms with van der Waals surface area (Å²) < 4.78 is 28.8. The fourth-order valence-electron chi connectivity index (χ4n) is 2.88. The topological polar surface area (TPSA) is 41.5 Å². The van der Waals surface area contributed by atoms with Gasteiger partial charge < -0.3 is 15.2 Å². The summed E-state index contributed by atoms with van der Waals surface area (Å²) in [4.78, 5) is 0. The third-order valence-corrected chi connectivity index (χ3v) is 4.16. The van der Waals surface area contributed by atoms with E-state index in [1.165, 1.54) is 18.9 Å². The smallest absolute Gasteiger partial charge is 0.387 e. The third kappa shape index (κ3) is 4.93. The van der Waals surface area contributed by atoms with Crippen LogP contribution in [0, 0.1) is 5.92 Å². The van der Waals surface area contributed by atoms with Crippen molar-refractivity contribution in [3.63, 3.8) is 0 Å². The van der Waals surface area contributed by atoms with Crippen LogP contribution in [0.15, 0.2) is 24.3 Å². The highest BCUT2D eigenvalue weighted by atomic mass is 19.3. The minimum atomic E-state index is -2.81. The lowest BCUT2D eigenvalue weighted by Crippen LogP contribution is -2.33. The number of hydrogen-bond acceptors (Lipinski definition) is 3. The molecule has 0 saturated heterocycles. The molecule has 1 aliphatic carbocycles. The first-order valence-electron chi connectivity index (χ1n) is 7.52. The summed E-state index contributed by atoms with van der Waals surface area (Å²) in [5, 5.41) is 13.4. The van der Waals surface area contributed by atoms with E-state index >= 15 is 0 Å². The number of benzene rings is 1. The number of hydrogen-bond donors (Lipinski definition) is 2. The molecule has 1 fully saturated rings. The van der Waals surface area contributed by atoms with E-state index in [0.29, 0.717) is 12.5 Å². The van der Waals surface area contributed by atoms with Crippen LogP contribution in [0.2, 0.25) is 0 Å². The van der Waals surface area contributed by atoms with Crippen LogP contribution < -0.4 is 10.1 Å². The maximum absolute atomic E-state index is 12.2. The first-order chi connectivity index (χ1) is 10.1. The van der Waals surface area contributed by atoms with Gasteiger partial charge in [-0.1, -0.05) is 25.0 Å². The van der Waals surface area contributed by atoms with E-state index in [-0.39, 0.29) is 17.9 Å². The molecule has 1 saturated carbocycles. The first-order valence-corrected chi connectivity index (χ1v) is 7.52. The molecule has 0 amide bonds. The van der Waals surface area contributed by atoms with E-state index in [1.807, 2.05) is 13.0 Å². The monoisotopic (exact) mass is 299 g/mol. The van der Waals surface area contributed by atoms with Gasteiger partial charge in [0.2, 0.25) is 0 Å². The molecule has 1 aromatic rings. The van der Waals surface area contributed by atoms with Crippen molar-refractivity contribution in [2.24, 2.45) is 5.92 Å². The van der Waals surface area contributed by atoms with Gasteiger partial charge in [-0.25, -0.2) is 0 Å². The lowest BCUT2D eigenvalue weighted by Gasteiger charge is -2.21. The first kappa shape index (κ1) is 16.2. The molecule has 0 radical (unpaired) electrons. The predicted octanol–water partition coefficient (Wildman–Crippen LogP) is 3.49. The maximum Gasteiger partial charge on any atom is 0.387 e. The van der Waals surface area contributed by atoms with Crippen molar-refractivity contribution in [3.05, 3.63) is 29.8 Å². The molecule has 0 bridgehead atoms. The van der Waals surface area contributed by atoms with Crippen LogP contribution in [-0.2, 0) is 0 Å². The van der Waals surface area contributed by atoms with E-state index in [2.05, 4.69) is 10.1 Å². The van der Waals surface area contributed by atoms with Gasteiger partial charge in [0.05, 0.1) is 6.10 Å². The van der Waals surface area contributed by atoms with Crippen LogP contribution in [-0.4, -0.2) is 24.4 Å². The van der Waals surface area contributed by atoms with Gasteiger partial charge in [0, 0.05) is 12.6 Å². The van der Waals surface area contributed by atoms with E-state index in [0.717, 1.165) is 18.4 Å². The molecular formula is C16H23F2NO2. The Morgan fingerprint density at radius 3 is 2.71 bits per heavy atom. The van der Waals surface area contributed by atoms with Crippen molar-refractivity contribution in [2.75, 3.05) is 6.54 Å². The molecule has 5 heteroatoms. The number of halogens is 2.